The van der Waals surface area contributed by atoms with Gasteiger partial charge in [-0.15, -0.1) is 0 Å². The van der Waals surface area contributed by atoms with Crippen molar-refractivity contribution in [2.45, 2.75) is 39.2 Å². The Bertz CT molecular complexity index is 444. The van der Waals surface area contributed by atoms with E-state index in [1.165, 1.54) is 0 Å². The van der Waals surface area contributed by atoms with E-state index in [2.05, 4.69) is 5.32 Å². The summed E-state index contributed by atoms with van der Waals surface area (Å²) in [5.41, 5.74) is 1.52. The molecular formula is C14H22N2O3. The topological polar surface area (TPSA) is 64.4 Å². The highest BCUT2D eigenvalue weighted by atomic mass is 16.6. The highest BCUT2D eigenvalue weighted by Gasteiger charge is 2.16. The molecule has 0 aliphatic rings. The number of nitrogens with zero attached hydrogens (tertiary/aromatic N) is 1. The number of aryl methyl sites for hydroxylation is 1. The van der Waals surface area contributed by atoms with Gasteiger partial charge in [0.05, 0.1) is 10.5 Å². The molecule has 0 saturated heterocycles. The second kappa shape index (κ2) is 6.52. The molecule has 0 atom stereocenters. The predicted octanol–water partition coefficient (Wildman–Crippen LogP) is 3.38. The van der Waals surface area contributed by atoms with E-state index in [1.54, 1.807) is 13.2 Å². The molecule has 1 aromatic rings. The van der Waals surface area contributed by atoms with Gasteiger partial charge in [0.1, 0.15) is 0 Å². The summed E-state index contributed by atoms with van der Waals surface area (Å²) in [5.74, 6) is 0. The van der Waals surface area contributed by atoms with Gasteiger partial charge in [0.25, 0.3) is 5.69 Å². The molecule has 0 heterocycles. The third-order valence-corrected chi connectivity index (χ3v) is 3.27. The molecule has 1 aromatic carbocycles. The number of ether oxygens (including phenoxy) is 1. The summed E-state index contributed by atoms with van der Waals surface area (Å²) < 4.78 is 5.33. The van der Waals surface area contributed by atoms with E-state index in [-0.39, 0.29) is 16.2 Å². The molecule has 0 unspecified atom stereocenters. The van der Waals surface area contributed by atoms with E-state index in [0.29, 0.717) is 13.0 Å². The second-order valence-electron chi connectivity index (χ2n) is 5.09. The molecule has 0 bridgehead atoms. The number of nitro groups is 1. The molecule has 0 saturated carbocycles. The van der Waals surface area contributed by atoms with Crippen LogP contribution in [0.1, 0.15) is 32.8 Å². The largest absolute Gasteiger partial charge is 0.385 e. The van der Waals surface area contributed by atoms with Crippen LogP contribution in [0.2, 0.25) is 0 Å². The van der Waals surface area contributed by atoms with Crippen molar-refractivity contribution in [2.75, 3.05) is 19.0 Å². The summed E-state index contributed by atoms with van der Waals surface area (Å²) in [6.45, 7) is 6.65. The van der Waals surface area contributed by atoms with Crippen molar-refractivity contribution < 1.29 is 9.66 Å². The summed E-state index contributed by atoms with van der Waals surface area (Å²) in [6.07, 6.45) is 1.49. The van der Waals surface area contributed by atoms with Gasteiger partial charge < -0.3 is 10.1 Å². The molecule has 0 aliphatic heterocycles. The Morgan fingerprint density at radius 1 is 1.42 bits per heavy atom. The van der Waals surface area contributed by atoms with Crippen LogP contribution in [0.3, 0.4) is 0 Å². The fourth-order valence-electron chi connectivity index (χ4n) is 1.75. The molecular weight excluding hydrogens is 244 g/mol. The second-order valence-corrected chi connectivity index (χ2v) is 5.09. The standard InChI is InChI=1S/C14H22N2O3/c1-5-11-6-7-12(10-13(11)16(17)18)15-9-8-14(2,3)19-4/h6-7,10,15H,5,8-9H2,1-4H3. The van der Waals surface area contributed by atoms with Gasteiger partial charge in [-0.25, -0.2) is 0 Å². The van der Waals surface area contributed by atoms with Gasteiger partial charge in [-0.05, 0) is 32.8 Å². The molecule has 0 spiro atoms. The zero-order valence-electron chi connectivity index (χ0n) is 12.0. The molecule has 0 amide bonds. The fourth-order valence-corrected chi connectivity index (χ4v) is 1.75. The van der Waals surface area contributed by atoms with E-state index in [1.807, 2.05) is 32.9 Å². The number of benzene rings is 1. The number of hydrogen-bond acceptors (Lipinski definition) is 4. The Labute approximate surface area is 114 Å². The number of nitrogens with one attached hydrogen (secondary N) is 1. The molecule has 0 radical (unpaired) electrons. The minimum Gasteiger partial charge on any atom is -0.385 e. The third kappa shape index (κ3) is 4.52. The Balaban J connectivity index is 2.70. The number of methoxy groups -OCH3 is 1. The number of nitro benzene ring substituents is 1. The van der Waals surface area contributed by atoms with Crippen LogP contribution < -0.4 is 5.32 Å². The molecule has 106 valence electrons. The van der Waals surface area contributed by atoms with Gasteiger partial charge in [0.2, 0.25) is 0 Å². The van der Waals surface area contributed by atoms with Crippen LogP contribution in [0, 0.1) is 10.1 Å². The van der Waals surface area contributed by atoms with Crippen molar-refractivity contribution in [2.24, 2.45) is 0 Å². The van der Waals surface area contributed by atoms with E-state index >= 15 is 0 Å². The lowest BCUT2D eigenvalue weighted by Crippen LogP contribution is -2.25. The lowest BCUT2D eigenvalue weighted by molar-refractivity contribution is -0.385. The maximum atomic E-state index is 11.0. The van der Waals surface area contributed by atoms with E-state index in [0.717, 1.165) is 17.7 Å². The molecule has 1 rings (SSSR count). The van der Waals surface area contributed by atoms with Gasteiger partial charge in [-0.1, -0.05) is 13.0 Å². The minimum absolute atomic E-state index is 0.179. The Kier molecular flexibility index (Phi) is 5.30. The number of hydrogen-bond donors (Lipinski definition) is 1. The van der Waals surface area contributed by atoms with Gasteiger partial charge in [-0.3, -0.25) is 10.1 Å². The Hall–Kier alpha value is -1.62. The Morgan fingerprint density at radius 2 is 2.11 bits per heavy atom. The van der Waals surface area contributed by atoms with Crippen LogP contribution in [0.25, 0.3) is 0 Å². The van der Waals surface area contributed by atoms with Gasteiger partial charge >= 0.3 is 0 Å². The molecule has 19 heavy (non-hydrogen) atoms. The molecule has 0 fully saturated rings. The van der Waals surface area contributed by atoms with Crippen molar-refractivity contribution in [3.8, 4) is 0 Å². The van der Waals surface area contributed by atoms with Crippen molar-refractivity contribution in [1.82, 2.24) is 0 Å². The summed E-state index contributed by atoms with van der Waals surface area (Å²) >= 11 is 0. The lowest BCUT2D eigenvalue weighted by atomic mass is 10.1. The van der Waals surface area contributed by atoms with Crippen molar-refractivity contribution in [3.63, 3.8) is 0 Å². The van der Waals surface area contributed by atoms with Crippen LogP contribution in [-0.4, -0.2) is 24.2 Å². The summed E-state index contributed by atoms with van der Waals surface area (Å²) in [6, 6.07) is 5.28. The third-order valence-electron chi connectivity index (χ3n) is 3.27. The first-order valence-corrected chi connectivity index (χ1v) is 6.46. The quantitative estimate of drug-likeness (QED) is 0.607. The first-order valence-electron chi connectivity index (χ1n) is 6.46. The van der Waals surface area contributed by atoms with E-state index in [4.69, 9.17) is 4.74 Å². The van der Waals surface area contributed by atoms with Crippen molar-refractivity contribution in [1.29, 1.82) is 0 Å². The molecule has 1 N–H and O–H groups in total. The van der Waals surface area contributed by atoms with Crippen molar-refractivity contribution >= 4 is 11.4 Å². The molecule has 5 nitrogen and oxygen atoms in total. The number of anilines is 1. The molecule has 0 aliphatic carbocycles. The highest BCUT2D eigenvalue weighted by molar-refractivity contribution is 5.55. The zero-order valence-corrected chi connectivity index (χ0v) is 12.0. The first-order chi connectivity index (χ1) is 8.89. The summed E-state index contributed by atoms with van der Waals surface area (Å²) in [7, 11) is 1.68. The zero-order chi connectivity index (χ0) is 14.5. The van der Waals surface area contributed by atoms with E-state index < -0.39 is 0 Å². The van der Waals surface area contributed by atoms with Gasteiger partial charge in [0, 0.05) is 31.0 Å². The highest BCUT2D eigenvalue weighted by Crippen LogP contribution is 2.24. The normalized spacial score (nSPS) is 11.4. The maximum absolute atomic E-state index is 11.0. The average Bonchev–Trinajstić information content (AvgIpc) is 2.38. The van der Waals surface area contributed by atoms with Crippen LogP contribution in [-0.2, 0) is 11.2 Å². The fraction of sp³-hybridized carbons (Fsp3) is 0.571. The monoisotopic (exact) mass is 266 g/mol. The van der Waals surface area contributed by atoms with Crippen LogP contribution in [0.15, 0.2) is 18.2 Å². The lowest BCUT2D eigenvalue weighted by Gasteiger charge is -2.23. The molecule has 0 aromatic heterocycles. The SMILES string of the molecule is CCc1ccc(NCCC(C)(C)OC)cc1[N+](=O)[O-]. The maximum Gasteiger partial charge on any atom is 0.274 e. The van der Waals surface area contributed by atoms with E-state index in [9.17, 15) is 10.1 Å². The number of rotatable bonds is 7. The smallest absolute Gasteiger partial charge is 0.274 e. The summed E-state index contributed by atoms with van der Waals surface area (Å²) in [4.78, 5) is 10.6. The Morgan fingerprint density at radius 3 is 2.63 bits per heavy atom. The van der Waals surface area contributed by atoms with Crippen LogP contribution >= 0.6 is 0 Å². The van der Waals surface area contributed by atoms with Crippen molar-refractivity contribution in [3.05, 3.63) is 33.9 Å². The van der Waals surface area contributed by atoms with Gasteiger partial charge in [-0.2, -0.15) is 0 Å². The summed E-state index contributed by atoms with van der Waals surface area (Å²) in [5, 5.41) is 14.2. The average molecular weight is 266 g/mol. The van der Waals surface area contributed by atoms with Crippen LogP contribution in [0.4, 0.5) is 11.4 Å². The van der Waals surface area contributed by atoms with Crippen LogP contribution in [0.5, 0.6) is 0 Å². The first kappa shape index (κ1) is 15.4. The molecule has 5 heteroatoms. The predicted molar refractivity (Wildman–Crippen MR) is 76.7 cm³/mol. The van der Waals surface area contributed by atoms with Gasteiger partial charge in [0.15, 0.2) is 0 Å². The minimum atomic E-state index is -0.330.